The minimum absolute atomic E-state index is 0.819. The van der Waals surface area contributed by atoms with Gasteiger partial charge in [0.1, 0.15) is 5.82 Å². The van der Waals surface area contributed by atoms with E-state index in [0.29, 0.717) is 0 Å². The first kappa shape index (κ1) is 17.7. The third-order valence-electron chi connectivity index (χ3n) is 4.69. The van der Waals surface area contributed by atoms with Crippen molar-refractivity contribution in [3.8, 4) is 0 Å². The van der Waals surface area contributed by atoms with Crippen LogP contribution in [0, 0.1) is 13.8 Å². The van der Waals surface area contributed by atoms with Crippen molar-refractivity contribution >= 4 is 11.5 Å². The highest BCUT2D eigenvalue weighted by atomic mass is 15.4. The van der Waals surface area contributed by atoms with E-state index in [1.54, 1.807) is 0 Å². The fourth-order valence-electron chi connectivity index (χ4n) is 3.58. The van der Waals surface area contributed by atoms with E-state index in [4.69, 9.17) is 10.1 Å². The summed E-state index contributed by atoms with van der Waals surface area (Å²) in [5.74, 6) is 1.20. The fraction of sp³-hybridized carbons (Fsp3) is 0.500. The Morgan fingerprint density at radius 1 is 1.20 bits per heavy atom. The highest BCUT2D eigenvalue weighted by molar-refractivity contribution is 6.16. The first-order chi connectivity index (χ1) is 12.0. The summed E-state index contributed by atoms with van der Waals surface area (Å²) in [6.45, 7) is 8.10. The molecule has 0 unspecified atom stereocenters. The summed E-state index contributed by atoms with van der Waals surface area (Å²) >= 11 is 0. The number of anilines is 1. The van der Waals surface area contributed by atoms with Crippen LogP contribution in [0.4, 0.5) is 5.82 Å². The van der Waals surface area contributed by atoms with E-state index >= 15 is 0 Å². The predicted octanol–water partition coefficient (Wildman–Crippen LogP) is 2.65. The number of fused-ring (bicyclic) bond motifs is 1. The molecule has 0 fully saturated rings. The molecule has 2 aromatic rings. The summed E-state index contributed by atoms with van der Waals surface area (Å²) < 4.78 is 2.02. The van der Waals surface area contributed by atoms with Gasteiger partial charge in [-0.2, -0.15) is 5.10 Å². The molecular weight excluding hydrogens is 310 g/mol. The van der Waals surface area contributed by atoms with Gasteiger partial charge in [-0.15, -0.1) is 0 Å². The Hall–Kier alpha value is -2.14. The minimum atomic E-state index is 0.819. The average Bonchev–Trinajstić information content (AvgIpc) is 2.73. The summed E-state index contributed by atoms with van der Waals surface area (Å²) in [7, 11) is 6.30. The van der Waals surface area contributed by atoms with Gasteiger partial charge in [-0.05, 0) is 47.0 Å². The van der Waals surface area contributed by atoms with Crippen molar-refractivity contribution in [2.45, 2.75) is 20.3 Å². The number of aromatic nitrogens is 2. The molecule has 0 bridgehead atoms. The quantitative estimate of drug-likeness (QED) is 0.840. The molecule has 5 nitrogen and oxygen atoms in total. The topological polar surface area (TPSA) is 36.7 Å². The van der Waals surface area contributed by atoms with E-state index in [1.165, 1.54) is 22.5 Å². The lowest BCUT2D eigenvalue weighted by molar-refractivity contribution is 0.400. The molecule has 0 amide bonds. The van der Waals surface area contributed by atoms with Gasteiger partial charge in [0.05, 0.1) is 23.5 Å². The van der Waals surface area contributed by atoms with E-state index in [1.807, 2.05) is 11.7 Å². The zero-order valence-electron chi connectivity index (χ0n) is 16.1. The molecule has 0 saturated heterocycles. The normalized spacial score (nSPS) is 14.5. The fourth-order valence-corrected chi connectivity index (χ4v) is 3.58. The van der Waals surface area contributed by atoms with Gasteiger partial charge in [0.15, 0.2) is 0 Å². The predicted molar refractivity (Wildman–Crippen MR) is 105 cm³/mol. The molecule has 1 aromatic carbocycles. The second kappa shape index (κ2) is 7.40. The van der Waals surface area contributed by atoms with Gasteiger partial charge in [0.25, 0.3) is 0 Å². The van der Waals surface area contributed by atoms with Gasteiger partial charge in [0, 0.05) is 25.7 Å². The molecule has 0 radical (unpaired) electrons. The second-order valence-electron chi connectivity index (χ2n) is 7.15. The van der Waals surface area contributed by atoms with Crippen LogP contribution in [0.2, 0.25) is 0 Å². The van der Waals surface area contributed by atoms with Crippen LogP contribution in [0.3, 0.4) is 0 Å². The lowest BCUT2D eigenvalue weighted by Gasteiger charge is -2.24. The van der Waals surface area contributed by atoms with Gasteiger partial charge in [-0.3, -0.25) is 9.67 Å². The molecule has 0 N–H and O–H groups in total. The third kappa shape index (κ3) is 3.76. The molecular formula is C20H29N5. The number of nitrogens with zero attached hydrogens (tertiary/aromatic N) is 5. The van der Waals surface area contributed by atoms with Crippen LogP contribution in [-0.4, -0.2) is 60.7 Å². The van der Waals surface area contributed by atoms with Crippen LogP contribution in [0.5, 0.6) is 0 Å². The Bertz CT molecular complexity index is 772. The van der Waals surface area contributed by atoms with Crippen molar-refractivity contribution < 1.29 is 0 Å². The first-order valence-electron chi connectivity index (χ1n) is 9.02. The van der Waals surface area contributed by atoms with Crippen molar-refractivity contribution in [3.05, 3.63) is 46.6 Å². The summed E-state index contributed by atoms with van der Waals surface area (Å²) in [6.07, 6.45) is 1.14. The van der Waals surface area contributed by atoms with Crippen LogP contribution >= 0.6 is 0 Å². The smallest absolute Gasteiger partial charge is 0.136 e. The van der Waals surface area contributed by atoms with Crippen LogP contribution in [0.1, 0.15) is 28.8 Å². The number of hydrogen-bond donors (Lipinski definition) is 0. The van der Waals surface area contributed by atoms with Crippen LogP contribution in [0.25, 0.3) is 0 Å². The van der Waals surface area contributed by atoms with Crippen LogP contribution in [-0.2, 0) is 7.05 Å². The average molecular weight is 339 g/mol. The van der Waals surface area contributed by atoms with Crippen molar-refractivity contribution in [1.29, 1.82) is 0 Å². The number of rotatable bonds is 5. The van der Waals surface area contributed by atoms with Gasteiger partial charge in [0.2, 0.25) is 0 Å². The number of hydrogen-bond acceptors (Lipinski definition) is 4. The van der Waals surface area contributed by atoms with Gasteiger partial charge < -0.3 is 9.80 Å². The van der Waals surface area contributed by atoms with E-state index in [2.05, 4.69) is 62.0 Å². The highest BCUT2D eigenvalue weighted by Gasteiger charge is 2.26. The molecule has 0 atom stereocenters. The number of aryl methyl sites for hydroxylation is 3. The molecule has 1 aliphatic rings. The molecule has 0 spiro atoms. The first-order valence-corrected chi connectivity index (χ1v) is 9.02. The minimum Gasteiger partial charge on any atom is -0.354 e. The van der Waals surface area contributed by atoms with E-state index in [-0.39, 0.29) is 0 Å². The molecule has 1 aliphatic heterocycles. The van der Waals surface area contributed by atoms with Crippen molar-refractivity contribution in [2.75, 3.05) is 45.2 Å². The lowest BCUT2D eigenvalue weighted by atomic mass is 10.0. The van der Waals surface area contributed by atoms with E-state index in [0.717, 1.165) is 44.0 Å². The molecule has 134 valence electrons. The second-order valence-corrected chi connectivity index (χ2v) is 7.15. The highest BCUT2D eigenvalue weighted by Crippen LogP contribution is 2.29. The van der Waals surface area contributed by atoms with E-state index in [9.17, 15) is 0 Å². The molecule has 5 heteroatoms. The third-order valence-corrected chi connectivity index (χ3v) is 4.69. The zero-order valence-corrected chi connectivity index (χ0v) is 16.1. The Kier molecular flexibility index (Phi) is 5.23. The lowest BCUT2D eigenvalue weighted by Crippen LogP contribution is -2.31. The Labute approximate surface area is 151 Å². The summed E-state index contributed by atoms with van der Waals surface area (Å²) in [5, 5.41) is 4.71. The Morgan fingerprint density at radius 3 is 2.72 bits per heavy atom. The van der Waals surface area contributed by atoms with Crippen molar-refractivity contribution in [3.63, 3.8) is 0 Å². The Balaban J connectivity index is 1.98. The van der Waals surface area contributed by atoms with Gasteiger partial charge in [-0.25, -0.2) is 0 Å². The maximum atomic E-state index is 4.95. The Morgan fingerprint density at radius 2 is 2.00 bits per heavy atom. The van der Waals surface area contributed by atoms with Gasteiger partial charge >= 0.3 is 0 Å². The summed E-state index contributed by atoms with van der Waals surface area (Å²) in [4.78, 5) is 9.64. The van der Waals surface area contributed by atoms with Crippen molar-refractivity contribution in [2.24, 2.45) is 12.0 Å². The largest absolute Gasteiger partial charge is 0.354 e. The molecule has 0 saturated carbocycles. The molecule has 25 heavy (non-hydrogen) atoms. The molecule has 0 aliphatic carbocycles. The SMILES string of the molecule is Cc1cccc(C2=NCCN(CCCN(C)C)c3c2c(C)nn3C)c1. The molecule has 2 heterocycles. The molecule has 1 aromatic heterocycles. The zero-order chi connectivity index (χ0) is 18.0. The standard InChI is InChI=1S/C20H29N5/c1-15-8-6-9-17(14-15)19-18-16(2)22-24(5)20(18)25(13-10-21-19)12-7-11-23(3)4/h6,8-9,14H,7,10-13H2,1-5H3. The summed E-state index contributed by atoms with van der Waals surface area (Å²) in [5.41, 5.74) is 5.77. The van der Waals surface area contributed by atoms with Gasteiger partial charge in [-0.1, -0.05) is 23.8 Å². The van der Waals surface area contributed by atoms with Crippen LogP contribution in [0.15, 0.2) is 29.3 Å². The number of benzene rings is 1. The molecule has 3 rings (SSSR count). The number of aliphatic imine (C=N–C) groups is 1. The monoisotopic (exact) mass is 339 g/mol. The maximum Gasteiger partial charge on any atom is 0.136 e. The summed E-state index contributed by atoms with van der Waals surface area (Å²) in [6, 6.07) is 8.62. The van der Waals surface area contributed by atoms with E-state index < -0.39 is 0 Å². The van der Waals surface area contributed by atoms with Crippen molar-refractivity contribution in [1.82, 2.24) is 14.7 Å². The van der Waals surface area contributed by atoms with Crippen LogP contribution < -0.4 is 4.90 Å². The maximum absolute atomic E-state index is 4.95.